The summed E-state index contributed by atoms with van der Waals surface area (Å²) >= 11 is 0. The van der Waals surface area contributed by atoms with Gasteiger partial charge in [0.15, 0.2) is 0 Å². The molecule has 6 rings (SSSR count). The van der Waals surface area contributed by atoms with Gasteiger partial charge in [-0.1, -0.05) is 89.0 Å². The zero-order chi connectivity index (χ0) is 26.4. The quantitative estimate of drug-likeness (QED) is 0.204. The van der Waals surface area contributed by atoms with Gasteiger partial charge in [-0.2, -0.15) is 13.2 Å². The summed E-state index contributed by atoms with van der Waals surface area (Å²) in [7, 11) is 0.185. The molecule has 1 atom stereocenters. The van der Waals surface area contributed by atoms with Gasteiger partial charge in [0, 0.05) is 11.1 Å². The van der Waals surface area contributed by atoms with Gasteiger partial charge in [-0.05, 0) is 87.7 Å². The highest BCUT2D eigenvalue weighted by Gasteiger charge is 2.34. The third-order valence-corrected chi connectivity index (χ3v) is 9.96. The lowest BCUT2D eigenvalue weighted by atomic mass is 9.79. The Bertz CT molecular complexity index is 1510. The average molecular weight is 530 g/mol. The number of alkyl halides is 3. The molecule has 1 aliphatic carbocycles. The van der Waals surface area contributed by atoms with E-state index in [-0.39, 0.29) is 8.58 Å². The largest absolute Gasteiger partial charge is 0.416 e. The molecule has 0 amide bonds. The minimum Gasteiger partial charge on any atom is -0.300 e. The van der Waals surface area contributed by atoms with E-state index in [1.807, 2.05) is 18.2 Å². The number of halogens is 3. The Kier molecular flexibility index (Phi) is 6.64. The first-order valence-electron chi connectivity index (χ1n) is 13.5. The van der Waals surface area contributed by atoms with E-state index in [0.29, 0.717) is 30.0 Å². The Hall–Kier alpha value is -2.97. The number of benzene rings is 4. The van der Waals surface area contributed by atoms with E-state index < -0.39 is 11.7 Å². The van der Waals surface area contributed by atoms with Gasteiger partial charge >= 0.3 is 6.18 Å². The Balaban J connectivity index is 1.30. The first-order chi connectivity index (χ1) is 18.3. The van der Waals surface area contributed by atoms with Crippen LogP contribution in [0.15, 0.2) is 72.8 Å². The Morgan fingerprint density at radius 3 is 2.18 bits per heavy atom. The molecule has 0 spiro atoms. The van der Waals surface area contributed by atoms with Crippen molar-refractivity contribution >= 4 is 35.7 Å². The highest BCUT2D eigenvalue weighted by Crippen LogP contribution is 2.37. The van der Waals surface area contributed by atoms with E-state index in [9.17, 15) is 13.2 Å². The first-order valence-corrected chi connectivity index (χ1v) is 14.5. The maximum Gasteiger partial charge on any atom is 0.416 e. The monoisotopic (exact) mass is 529 g/mol. The Labute approximate surface area is 223 Å². The molecule has 2 aliphatic rings. The summed E-state index contributed by atoms with van der Waals surface area (Å²) in [6.45, 7) is 2.34. The molecule has 0 saturated heterocycles. The van der Waals surface area contributed by atoms with E-state index in [0.717, 1.165) is 44.0 Å². The van der Waals surface area contributed by atoms with Crippen LogP contribution >= 0.6 is 8.58 Å². The van der Waals surface area contributed by atoms with Gasteiger partial charge in [0.25, 0.3) is 0 Å². The maximum atomic E-state index is 13.7. The zero-order valence-electron chi connectivity index (χ0n) is 21.5. The topological polar surface area (TPSA) is 23.9 Å². The van der Waals surface area contributed by atoms with Crippen molar-refractivity contribution in [2.24, 2.45) is 5.92 Å². The molecule has 1 fully saturated rings. The summed E-state index contributed by atoms with van der Waals surface area (Å²) in [5.41, 5.74) is 4.62. The van der Waals surface area contributed by atoms with E-state index in [4.69, 9.17) is 5.41 Å². The fraction of sp³-hybridized carbons (Fsp3) is 0.303. The van der Waals surface area contributed by atoms with Crippen LogP contribution in [0.5, 0.6) is 0 Å². The summed E-state index contributed by atoms with van der Waals surface area (Å²) in [4.78, 5) is 0. The molecule has 1 aliphatic heterocycles. The minimum atomic E-state index is -4.35. The van der Waals surface area contributed by atoms with Gasteiger partial charge in [0.05, 0.1) is 11.3 Å². The number of nitrogens with one attached hydrogen (secondary N) is 1. The number of fused-ring (bicyclic) bond motifs is 4. The van der Waals surface area contributed by atoms with Gasteiger partial charge in [-0.3, -0.25) is 5.41 Å². The van der Waals surface area contributed by atoms with Crippen LogP contribution in [-0.2, 0) is 19.0 Å². The van der Waals surface area contributed by atoms with Crippen LogP contribution in [0.25, 0.3) is 10.8 Å². The van der Waals surface area contributed by atoms with Crippen LogP contribution in [0.2, 0.25) is 0 Å². The first kappa shape index (κ1) is 25.3. The maximum absolute atomic E-state index is 13.7. The number of rotatable bonds is 3. The van der Waals surface area contributed by atoms with Gasteiger partial charge in [-0.25, -0.2) is 0 Å². The summed E-state index contributed by atoms with van der Waals surface area (Å²) in [6, 6.07) is 23.3. The third-order valence-electron chi connectivity index (χ3n) is 8.48. The summed E-state index contributed by atoms with van der Waals surface area (Å²) in [6.07, 6.45) is 1.63. The van der Waals surface area contributed by atoms with Crippen molar-refractivity contribution in [2.45, 2.75) is 57.5 Å². The molecule has 1 unspecified atom stereocenters. The molecular weight excluding hydrogens is 498 g/mol. The highest BCUT2D eigenvalue weighted by molar-refractivity contribution is 7.55. The predicted molar refractivity (Wildman–Crippen MR) is 153 cm³/mol. The van der Waals surface area contributed by atoms with Gasteiger partial charge in [0.1, 0.15) is 0 Å². The van der Waals surface area contributed by atoms with Crippen LogP contribution in [0.3, 0.4) is 0 Å². The molecule has 1 heterocycles. The Morgan fingerprint density at radius 2 is 1.45 bits per heavy atom. The second kappa shape index (κ2) is 9.97. The SMILES string of the molecule is CC1CCC(c2ccc(C(=N)c3ccc4ccc5c(c4c3)CCc3c(cccc3C(F)(F)F)P5)cc2)CC1. The zero-order valence-corrected chi connectivity index (χ0v) is 22.5. The molecular formula is C33H31F3NP. The summed E-state index contributed by atoms with van der Waals surface area (Å²) in [5, 5.41) is 12.9. The highest BCUT2D eigenvalue weighted by atomic mass is 31.1. The molecule has 194 valence electrons. The molecule has 4 aromatic rings. The third kappa shape index (κ3) is 4.80. The second-order valence-corrected chi connectivity index (χ2v) is 12.3. The molecule has 0 aromatic heterocycles. The van der Waals surface area contributed by atoms with Crippen LogP contribution in [0.4, 0.5) is 13.2 Å². The van der Waals surface area contributed by atoms with E-state index >= 15 is 0 Å². The summed E-state index contributed by atoms with van der Waals surface area (Å²) in [5.74, 6) is 1.44. The average Bonchev–Trinajstić information content (AvgIpc) is 3.12. The van der Waals surface area contributed by atoms with E-state index in [1.54, 1.807) is 0 Å². The molecule has 5 heteroatoms. The molecule has 1 nitrogen and oxygen atoms in total. The molecule has 38 heavy (non-hydrogen) atoms. The van der Waals surface area contributed by atoms with Crippen molar-refractivity contribution in [2.75, 3.05) is 0 Å². The van der Waals surface area contributed by atoms with Crippen molar-refractivity contribution in [1.29, 1.82) is 5.41 Å². The second-order valence-electron chi connectivity index (χ2n) is 10.9. The Morgan fingerprint density at radius 1 is 0.789 bits per heavy atom. The van der Waals surface area contributed by atoms with Gasteiger partial charge < -0.3 is 0 Å². The minimum absolute atomic E-state index is 0.185. The van der Waals surface area contributed by atoms with E-state index in [1.165, 1.54) is 43.4 Å². The molecule has 0 radical (unpaired) electrons. The molecule has 1 saturated carbocycles. The normalized spacial score (nSPS) is 20.1. The summed E-state index contributed by atoms with van der Waals surface area (Å²) < 4.78 is 41.2. The number of aryl methyl sites for hydroxylation is 1. The van der Waals surface area contributed by atoms with Crippen molar-refractivity contribution in [3.05, 3.63) is 106 Å². The fourth-order valence-corrected chi connectivity index (χ4v) is 7.70. The fourth-order valence-electron chi connectivity index (χ4n) is 6.24. The van der Waals surface area contributed by atoms with Crippen LogP contribution < -0.4 is 10.6 Å². The van der Waals surface area contributed by atoms with Gasteiger partial charge in [-0.15, -0.1) is 0 Å². The standard InChI is InChI=1S/C33H31F3NP/c1-20-5-7-21(8-6-20)22-9-12-24(13-10-22)32(37)25-14-11-23-15-18-31-26(28(23)19-25)16-17-27-29(33(34,35)36)3-2-4-30(27)38-31/h2-4,9-15,18-21,37-38H,5-8,16-17H2,1H3. The van der Waals surface area contributed by atoms with Crippen LogP contribution in [0.1, 0.15) is 71.9 Å². The van der Waals surface area contributed by atoms with Crippen molar-refractivity contribution in [3.8, 4) is 0 Å². The smallest absolute Gasteiger partial charge is 0.300 e. The number of hydrogen-bond acceptors (Lipinski definition) is 1. The molecule has 1 N–H and O–H groups in total. The van der Waals surface area contributed by atoms with Crippen molar-refractivity contribution < 1.29 is 13.2 Å². The predicted octanol–water partition coefficient (Wildman–Crippen LogP) is 8.30. The van der Waals surface area contributed by atoms with Crippen molar-refractivity contribution in [1.82, 2.24) is 0 Å². The van der Waals surface area contributed by atoms with Crippen molar-refractivity contribution in [3.63, 3.8) is 0 Å². The molecule has 4 aromatic carbocycles. The lowest BCUT2D eigenvalue weighted by molar-refractivity contribution is -0.138. The lowest BCUT2D eigenvalue weighted by Crippen LogP contribution is -2.16. The van der Waals surface area contributed by atoms with Gasteiger partial charge in [0.2, 0.25) is 0 Å². The van der Waals surface area contributed by atoms with Crippen LogP contribution in [-0.4, -0.2) is 5.71 Å². The van der Waals surface area contributed by atoms with E-state index in [2.05, 4.69) is 49.4 Å². The molecule has 0 bridgehead atoms. The number of hydrogen-bond donors (Lipinski definition) is 1. The van der Waals surface area contributed by atoms with Crippen LogP contribution in [0, 0.1) is 11.3 Å². The lowest BCUT2D eigenvalue weighted by Gasteiger charge is -2.26.